The van der Waals surface area contributed by atoms with Crippen LogP contribution in [-0.4, -0.2) is 66.5 Å². The van der Waals surface area contributed by atoms with Crippen molar-refractivity contribution in [2.24, 2.45) is 0 Å². The summed E-state index contributed by atoms with van der Waals surface area (Å²) in [5, 5.41) is 15.1. The minimum atomic E-state index is -0.639. The van der Waals surface area contributed by atoms with Gasteiger partial charge < -0.3 is 28.8 Å². The number of halogens is 1. The number of esters is 2. The van der Waals surface area contributed by atoms with Crippen molar-refractivity contribution in [3.05, 3.63) is 46.6 Å². The van der Waals surface area contributed by atoms with Crippen LogP contribution in [0.3, 0.4) is 0 Å². The van der Waals surface area contributed by atoms with E-state index in [0.717, 1.165) is 0 Å². The first-order chi connectivity index (χ1) is 18.5. The van der Waals surface area contributed by atoms with Gasteiger partial charge in [0.15, 0.2) is 11.5 Å². The van der Waals surface area contributed by atoms with E-state index in [4.69, 9.17) is 35.3 Å². The van der Waals surface area contributed by atoms with E-state index >= 15 is 0 Å². The quantitative estimate of drug-likeness (QED) is 0.302. The Labute approximate surface area is 232 Å². The van der Waals surface area contributed by atoms with Gasteiger partial charge in [0, 0.05) is 25.0 Å². The minimum Gasteiger partial charge on any atom is -0.493 e. The fourth-order valence-corrected chi connectivity index (χ4v) is 4.32. The number of hydrogen-bond acceptors (Lipinski definition) is 9. The minimum absolute atomic E-state index is 0.146. The normalized spacial score (nSPS) is 12.2. The summed E-state index contributed by atoms with van der Waals surface area (Å²) in [4.78, 5) is 25.5. The molecule has 1 N–H and O–H groups in total. The van der Waals surface area contributed by atoms with E-state index in [-0.39, 0.29) is 18.6 Å². The highest BCUT2D eigenvalue weighted by atomic mass is 35.5. The number of rotatable bonds is 12. The molecule has 1 aromatic heterocycles. The highest BCUT2D eigenvalue weighted by molar-refractivity contribution is 6.35. The van der Waals surface area contributed by atoms with E-state index in [9.17, 15) is 14.7 Å². The van der Waals surface area contributed by atoms with Gasteiger partial charge in [-0.15, -0.1) is 0 Å². The van der Waals surface area contributed by atoms with Crippen molar-refractivity contribution in [2.45, 2.75) is 58.3 Å². The number of aliphatic hydroxyl groups excluding tert-OH is 1. The number of benzene rings is 2. The van der Waals surface area contributed by atoms with Crippen LogP contribution in [0.2, 0.25) is 5.02 Å². The standard InChI is InChI=1S/C28H35ClN2O8/c1-28(2,3)39-27(34)17-12-21(29)20-16-30-31(22(20)13-17)10-7-8-19(9-11-32)38-26(33)18-14-23(35-4)25(37-6)24(15-18)36-5/h12-16,19,32H,7-11H2,1-6H3. The molecule has 2 aromatic carbocycles. The average molecular weight is 563 g/mol. The predicted octanol–water partition coefficient (Wildman–Crippen LogP) is 5.06. The number of methoxy groups -OCH3 is 3. The van der Waals surface area contributed by atoms with Crippen molar-refractivity contribution in [3.8, 4) is 17.2 Å². The van der Waals surface area contributed by atoms with Crippen molar-refractivity contribution >= 4 is 34.4 Å². The number of nitrogens with zero attached hydrogens (tertiary/aromatic N) is 2. The number of aryl methyl sites for hydroxylation is 1. The third-order valence-electron chi connectivity index (χ3n) is 5.87. The van der Waals surface area contributed by atoms with Crippen molar-refractivity contribution in [1.82, 2.24) is 9.78 Å². The summed E-state index contributed by atoms with van der Waals surface area (Å²) in [5.41, 5.74) is 0.618. The van der Waals surface area contributed by atoms with Gasteiger partial charge >= 0.3 is 11.9 Å². The predicted molar refractivity (Wildman–Crippen MR) is 146 cm³/mol. The third-order valence-corrected chi connectivity index (χ3v) is 6.18. The fraction of sp³-hybridized carbons (Fsp3) is 0.464. The van der Waals surface area contributed by atoms with E-state index in [1.807, 2.05) is 0 Å². The van der Waals surface area contributed by atoms with Gasteiger partial charge in [-0.3, -0.25) is 4.68 Å². The number of carbonyl (C=O) groups is 2. The molecule has 0 aliphatic rings. The molecule has 0 amide bonds. The number of hydrogen-bond donors (Lipinski definition) is 1. The second-order valence-corrected chi connectivity index (χ2v) is 10.3. The molecule has 0 fully saturated rings. The zero-order valence-electron chi connectivity index (χ0n) is 23.1. The molecule has 0 aliphatic heterocycles. The maximum Gasteiger partial charge on any atom is 0.338 e. The SMILES string of the molecule is COc1cc(C(=O)OC(CCO)CCCn2ncc3c(Cl)cc(C(=O)OC(C)(C)C)cc32)cc(OC)c1OC. The highest BCUT2D eigenvalue weighted by Gasteiger charge is 2.22. The lowest BCUT2D eigenvalue weighted by atomic mass is 10.1. The van der Waals surface area contributed by atoms with E-state index in [0.29, 0.717) is 58.1 Å². The average Bonchev–Trinajstić information content (AvgIpc) is 3.30. The Morgan fingerprint density at radius 3 is 2.18 bits per heavy atom. The zero-order valence-corrected chi connectivity index (χ0v) is 23.8. The molecule has 1 atom stereocenters. The Balaban J connectivity index is 1.72. The van der Waals surface area contributed by atoms with Crippen molar-refractivity contribution in [1.29, 1.82) is 0 Å². The summed E-state index contributed by atoms with van der Waals surface area (Å²) in [6.07, 6.45) is 2.43. The summed E-state index contributed by atoms with van der Waals surface area (Å²) < 4.78 is 28.9. The molecule has 3 rings (SSSR count). The number of fused-ring (bicyclic) bond motifs is 1. The summed E-state index contributed by atoms with van der Waals surface area (Å²) in [6, 6.07) is 6.31. The molecule has 212 valence electrons. The van der Waals surface area contributed by atoms with Crippen LogP contribution in [-0.2, 0) is 16.0 Å². The van der Waals surface area contributed by atoms with Crippen LogP contribution in [0, 0.1) is 0 Å². The van der Waals surface area contributed by atoms with Crippen molar-refractivity contribution in [2.75, 3.05) is 27.9 Å². The first-order valence-electron chi connectivity index (χ1n) is 12.5. The number of aromatic nitrogens is 2. The summed E-state index contributed by atoms with van der Waals surface area (Å²) in [6.45, 7) is 5.72. The van der Waals surface area contributed by atoms with Gasteiger partial charge in [0.05, 0.1) is 49.2 Å². The fourth-order valence-electron chi connectivity index (χ4n) is 4.06. The molecule has 1 heterocycles. The third kappa shape index (κ3) is 7.54. The molecule has 0 saturated heterocycles. The number of ether oxygens (including phenoxy) is 5. The first kappa shape index (κ1) is 30.0. The molecular formula is C28H35ClN2O8. The maximum atomic E-state index is 12.9. The van der Waals surface area contributed by atoms with Gasteiger partial charge in [-0.1, -0.05) is 11.6 Å². The Hall–Kier alpha value is -3.50. The molecule has 0 spiro atoms. The van der Waals surface area contributed by atoms with Crippen LogP contribution in [0.1, 0.15) is 60.7 Å². The Morgan fingerprint density at radius 1 is 0.974 bits per heavy atom. The number of carbonyl (C=O) groups excluding carboxylic acids is 2. The van der Waals surface area contributed by atoms with Gasteiger partial charge in [0.25, 0.3) is 0 Å². The van der Waals surface area contributed by atoms with E-state index in [1.54, 1.807) is 43.8 Å². The van der Waals surface area contributed by atoms with Gasteiger partial charge in [-0.2, -0.15) is 5.10 Å². The largest absolute Gasteiger partial charge is 0.493 e. The monoisotopic (exact) mass is 562 g/mol. The molecule has 0 aliphatic carbocycles. The molecule has 11 heteroatoms. The van der Waals surface area contributed by atoms with Crippen LogP contribution >= 0.6 is 11.6 Å². The molecule has 0 radical (unpaired) electrons. The highest BCUT2D eigenvalue weighted by Crippen LogP contribution is 2.38. The lowest BCUT2D eigenvalue weighted by Gasteiger charge is -2.19. The Bertz CT molecular complexity index is 1290. The van der Waals surface area contributed by atoms with Crippen LogP contribution in [0.25, 0.3) is 10.9 Å². The lowest BCUT2D eigenvalue weighted by Crippen LogP contribution is -2.23. The van der Waals surface area contributed by atoms with Gasteiger partial charge in [-0.25, -0.2) is 9.59 Å². The van der Waals surface area contributed by atoms with E-state index in [1.165, 1.54) is 33.5 Å². The zero-order chi connectivity index (χ0) is 28.7. The maximum absolute atomic E-state index is 12.9. The van der Waals surface area contributed by atoms with Gasteiger partial charge in [0.2, 0.25) is 5.75 Å². The summed E-state index contributed by atoms with van der Waals surface area (Å²) in [7, 11) is 4.40. The van der Waals surface area contributed by atoms with Crippen molar-refractivity contribution < 1.29 is 38.4 Å². The second kappa shape index (κ2) is 13.0. The Kier molecular flexibility index (Phi) is 10.0. The molecule has 39 heavy (non-hydrogen) atoms. The molecule has 0 saturated carbocycles. The van der Waals surface area contributed by atoms with Crippen LogP contribution in [0.15, 0.2) is 30.5 Å². The van der Waals surface area contributed by atoms with Crippen molar-refractivity contribution in [3.63, 3.8) is 0 Å². The summed E-state index contributed by atoms with van der Waals surface area (Å²) >= 11 is 6.42. The lowest BCUT2D eigenvalue weighted by molar-refractivity contribution is 0.00688. The topological polar surface area (TPSA) is 118 Å². The number of aliphatic hydroxyl groups is 1. The van der Waals surface area contributed by atoms with E-state index < -0.39 is 23.6 Å². The first-order valence-corrected chi connectivity index (χ1v) is 12.9. The molecule has 10 nitrogen and oxygen atoms in total. The Morgan fingerprint density at radius 2 is 1.62 bits per heavy atom. The van der Waals surface area contributed by atoms with Gasteiger partial charge in [-0.05, 0) is 57.9 Å². The molecule has 3 aromatic rings. The smallest absolute Gasteiger partial charge is 0.338 e. The molecule has 0 bridgehead atoms. The molecule has 1 unspecified atom stereocenters. The van der Waals surface area contributed by atoms with Gasteiger partial charge in [0.1, 0.15) is 11.7 Å². The summed E-state index contributed by atoms with van der Waals surface area (Å²) in [5.74, 6) is -0.0217. The van der Waals surface area contributed by atoms with Crippen LogP contribution in [0.4, 0.5) is 0 Å². The molecular weight excluding hydrogens is 528 g/mol. The second-order valence-electron chi connectivity index (χ2n) is 9.86. The van der Waals surface area contributed by atoms with Crippen LogP contribution in [0.5, 0.6) is 17.2 Å². The van der Waals surface area contributed by atoms with E-state index in [2.05, 4.69) is 5.10 Å². The van der Waals surface area contributed by atoms with Crippen LogP contribution < -0.4 is 14.2 Å².